The van der Waals surface area contributed by atoms with Crippen LogP contribution in [0.1, 0.15) is 0 Å². The van der Waals surface area contributed by atoms with Crippen LogP contribution in [-0.2, 0) is 9.47 Å². The number of ether oxygens (including phenoxy) is 2. The highest BCUT2D eigenvalue weighted by Crippen LogP contribution is 2.16. The Morgan fingerprint density at radius 2 is 2.00 bits per heavy atom. The van der Waals surface area contributed by atoms with Crippen LogP contribution in [0, 0.1) is 0 Å². The first-order valence-electron chi connectivity index (χ1n) is 4.31. The van der Waals surface area contributed by atoms with Gasteiger partial charge in [-0.25, -0.2) is 0 Å². The zero-order valence-corrected chi connectivity index (χ0v) is 7.08. The highest BCUT2D eigenvalue weighted by atomic mass is 16.6. The molecule has 2 heterocycles. The van der Waals surface area contributed by atoms with Gasteiger partial charge in [0.1, 0.15) is 25.7 Å². The number of morpholine rings is 1. The van der Waals surface area contributed by atoms with Crippen LogP contribution in [0.5, 0.6) is 0 Å². The van der Waals surface area contributed by atoms with Crippen LogP contribution < -0.4 is 0 Å². The summed E-state index contributed by atoms with van der Waals surface area (Å²) in [5.74, 6) is 0. The Morgan fingerprint density at radius 3 is 2.55 bits per heavy atom. The molecule has 0 amide bonds. The van der Waals surface area contributed by atoms with Crippen LogP contribution in [0.3, 0.4) is 0 Å². The number of likely N-dealkylation sites (N-methyl/N-ethyl adjacent to an activating group) is 1. The van der Waals surface area contributed by atoms with Gasteiger partial charge in [0.25, 0.3) is 0 Å². The maximum atomic E-state index is 5.31. The molecular formula is C8H16NO2+. The molecular weight excluding hydrogens is 142 g/mol. The summed E-state index contributed by atoms with van der Waals surface area (Å²) >= 11 is 0. The molecule has 0 N–H and O–H groups in total. The average molecular weight is 158 g/mol. The van der Waals surface area contributed by atoms with Gasteiger partial charge < -0.3 is 14.0 Å². The minimum Gasteiger partial charge on any atom is -0.370 e. The van der Waals surface area contributed by atoms with Crippen molar-refractivity contribution in [3.8, 4) is 0 Å². The lowest BCUT2D eigenvalue weighted by Crippen LogP contribution is -2.53. The van der Waals surface area contributed by atoms with E-state index in [2.05, 4.69) is 7.05 Å². The Hall–Kier alpha value is -0.120. The molecule has 0 bridgehead atoms. The number of hydrogen-bond donors (Lipinski definition) is 0. The first-order valence-corrected chi connectivity index (χ1v) is 4.31. The van der Waals surface area contributed by atoms with E-state index in [9.17, 15) is 0 Å². The Balaban J connectivity index is 1.84. The molecule has 11 heavy (non-hydrogen) atoms. The van der Waals surface area contributed by atoms with Crippen molar-refractivity contribution in [2.75, 3.05) is 46.5 Å². The van der Waals surface area contributed by atoms with E-state index in [1.165, 1.54) is 6.54 Å². The molecule has 0 aromatic carbocycles. The average Bonchev–Trinajstić information content (AvgIpc) is 2.72. The zero-order valence-electron chi connectivity index (χ0n) is 7.08. The fourth-order valence-corrected chi connectivity index (χ4v) is 1.63. The molecule has 0 aromatic heterocycles. The van der Waals surface area contributed by atoms with Crippen LogP contribution in [0.25, 0.3) is 0 Å². The summed E-state index contributed by atoms with van der Waals surface area (Å²) in [5.41, 5.74) is 0. The molecule has 2 fully saturated rings. The first-order chi connectivity index (χ1) is 5.29. The third-order valence-corrected chi connectivity index (χ3v) is 2.60. The van der Waals surface area contributed by atoms with E-state index in [0.717, 1.165) is 37.4 Å². The normalized spacial score (nSPS) is 35.2. The Kier molecular flexibility index (Phi) is 1.87. The minimum atomic E-state index is 0.554. The molecule has 3 nitrogen and oxygen atoms in total. The molecule has 0 aromatic rings. The highest BCUT2D eigenvalue weighted by molar-refractivity contribution is 4.68. The quantitative estimate of drug-likeness (QED) is 0.412. The summed E-state index contributed by atoms with van der Waals surface area (Å²) < 4.78 is 11.7. The third kappa shape index (κ3) is 1.92. The predicted molar refractivity (Wildman–Crippen MR) is 41.3 cm³/mol. The van der Waals surface area contributed by atoms with Crippen molar-refractivity contribution >= 4 is 0 Å². The monoisotopic (exact) mass is 158 g/mol. The fourth-order valence-electron chi connectivity index (χ4n) is 1.63. The summed E-state index contributed by atoms with van der Waals surface area (Å²) in [4.78, 5) is 0. The number of hydrogen-bond acceptors (Lipinski definition) is 2. The second-order valence-electron chi connectivity index (χ2n) is 3.82. The largest absolute Gasteiger partial charge is 0.370 e. The number of quaternary nitrogens is 1. The van der Waals surface area contributed by atoms with Crippen LogP contribution in [-0.4, -0.2) is 57.1 Å². The molecule has 0 radical (unpaired) electrons. The predicted octanol–water partition coefficient (Wildman–Crippen LogP) is -0.138. The van der Waals surface area contributed by atoms with E-state index >= 15 is 0 Å². The third-order valence-electron chi connectivity index (χ3n) is 2.60. The van der Waals surface area contributed by atoms with E-state index in [4.69, 9.17) is 9.47 Å². The second-order valence-corrected chi connectivity index (χ2v) is 3.82. The van der Waals surface area contributed by atoms with E-state index in [1.54, 1.807) is 0 Å². The molecule has 3 heteroatoms. The summed E-state index contributed by atoms with van der Waals surface area (Å²) in [6.07, 6.45) is 0.554. The van der Waals surface area contributed by atoms with Gasteiger partial charge in [0.05, 0.1) is 26.9 Å². The summed E-state index contributed by atoms with van der Waals surface area (Å²) in [6.45, 7) is 6.31. The standard InChI is InChI=1S/C8H16NO2/c1-9(6-8-7-11-8)2-4-10-5-3-9/h8H,2-7H2,1H3/q+1. The first kappa shape index (κ1) is 7.53. The van der Waals surface area contributed by atoms with Gasteiger partial charge in [-0.1, -0.05) is 0 Å². The molecule has 2 saturated heterocycles. The lowest BCUT2D eigenvalue weighted by atomic mass is 10.3. The highest BCUT2D eigenvalue weighted by Gasteiger charge is 2.35. The van der Waals surface area contributed by atoms with E-state index in [0.29, 0.717) is 6.10 Å². The Morgan fingerprint density at radius 1 is 1.36 bits per heavy atom. The molecule has 0 spiro atoms. The van der Waals surface area contributed by atoms with Gasteiger partial charge in [-0.2, -0.15) is 0 Å². The minimum absolute atomic E-state index is 0.554. The van der Waals surface area contributed by atoms with Crippen molar-refractivity contribution in [2.45, 2.75) is 6.10 Å². The van der Waals surface area contributed by atoms with Gasteiger partial charge in [-0.15, -0.1) is 0 Å². The van der Waals surface area contributed by atoms with Gasteiger partial charge >= 0.3 is 0 Å². The molecule has 0 saturated carbocycles. The smallest absolute Gasteiger partial charge is 0.130 e. The lowest BCUT2D eigenvalue weighted by molar-refractivity contribution is -0.917. The topological polar surface area (TPSA) is 21.8 Å². The van der Waals surface area contributed by atoms with Gasteiger partial charge in [0.2, 0.25) is 0 Å². The number of epoxide rings is 1. The van der Waals surface area contributed by atoms with E-state index < -0.39 is 0 Å². The molecule has 1 atom stereocenters. The Labute approximate surface area is 67.5 Å². The van der Waals surface area contributed by atoms with E-state index in [-0.39, 0.29) is 0 Å². The second kappa shape index (κ2) is 2.73. The molecule has 2 rings (SSSR count). The van der Waals surface area contributed by atoms with Gasteiger partial charge in [-0.3, -0.25) is 0 Å². The number of nitrogens with zero attached hydrogens (tertiary/aromatic N) is 1. The van der Waals surface area contributed by atoms with Gasteiger partial charge in [0, 0.05) is 0 Å². The van der Waals surface area contributed by atoms with Gasteiger partial charge in [-0.05, 0) is 0 Å². The molecule has 2 aliphatic heterocycles. The zero-order chi connectivity index (χ0) is 7.73. The van der Waals surface area contributed by atoms with Crippen LogP contribution in [0.15, 0.2) is 0 Å². The molecule has 64 valence electrons. The summed E-state index contributed by atoms with van der Waals surface area (Å²) in [7, 11) is 2.30. The molecule has 0 aliphatic carbocycles. The van der Waals surface area contributed by atoms with Gasteiger partial charge in [0.15, 0.2) is 0 Å². The SMILES string of the molecule is C[N+]1(CC2CO2)CCOCC1. The van der Waals surface area contributed by atoms with Crippen LogP contribution >= 0.6 is 0 Å². The number of rotatable bonds is 2. The Bertz CT molecular complexity index is 139. The van der Waals surface area contributed by atoms with Crippen molar-refractivity contribution in [2.24, 2.45) is 0 Å². The lowest BCUT2D eigenvalue weighted by Gasteiger charge is -2.37. The van der Waals surface area contributed by atoms with Crippen molar-refractivity contribution in [1.29, 1.82) is 0 Å². The van der Waals surface area contributed by atoms with Crippen molar-refractivity contribution in [3.05, 3.63) is 0 Å². The van der Waals surface area contributed by atoms with Crippen molar-refractivity contribution in [3.63, 3.8) is 0 Å². The summed E-state index contributed by atoms with van der Waals surface area (Å²) in [5, 5.41) is 0. The van der Waals surface area contributed by atoms with Crippen LogP contribution in [0.4, 0.5) is 0 Å². The molecule has 2 aliphatic rings. The van der Waals surface area contributed by atoms with Crippen molar-refractivity contribution < 1.29 is 14.0 Å². The maximum absolute atomic E-state index is 5.31. The van der Waals surface area contributed by atoms with Crippen molar-refractivity contribution in [1.82, 2.24) is 0 Å². The van der Waals surface area contributed by atoms with E-state index in [1.807, 2.05) is 0 Å². The van der Waals surface area contributed by atoms with Crippen LogP contribution in [0.2, 0.25) is 0 Å². The maximum Gasteiger partial charge on any atom is 0.130 e. The summed E-state index contributed by atoms with van der Waals surface area (Å²) in [6, 6.07) is 0. The molecule has 1 unspecified atom stereocenters. The fraction of sp³-hybridized carbons (Fsp3) is 1.00.